The van der Waals surface area contributed by atoms with Gasteiger partial charge in [0.05, 0.1) is 11.4 Å². The van der Waals surface area contributed by atoms with Gasteiger partial charge in [-0.3, -0.25) is 5.10 Å². The molecule has 2 unspecified atom stereocenters. The van der Waals surface area contributed by atoms with Gasteiger partial charge in [-0.2, -0.15) is 5.10 Å². The number of H-pyrrole nitrogens is 1. The van der Waals surface area contributed by atoms with Crippen LogP contribution in [0.15, 0.2) is 4.90 Å². The number of nitrogens with one attached hydrogen (secondary N) is 3. The third-order valence-electron chi connectivity index (χ3n) is 3.46. The van der Waals surface area contributed by atoms with Crippen LogP contribution in [0.25, 0.3) is 0 Å². The van der Waals surface area contributed by atoms with Crippen molar-refractivity contribution in [2.24, 2.45) is 5.92 Å². The van der Waals surface area contributed by atoms with Crippen molar-refractivity contribution in [3.63, 3.8) is 0 Å². The molecule has 18 heavy (non-hydrogen) atoms. The van der Waals surface area contributed by atoms with Crippen LogP contribution in [-0.2, 0) is 10.0 Å². The molecule has 0 amide bonds. The van der Waals surface area contributed by atoms with E-state index in [0.717, 1.165) is 13.0 Å². The highest BCUT2D eigenvalue weighted by Gasteiger charge is 2.29. The molecule has 102 valence electrons. The lowest BCUT2D eigenvalue weighted by molar-refractivity contribution is 0.327. The van der Waals surface area contributed by atoms with E-state index in [0.29, 0.717) is 23.9 Å². The first-order valence-electron chi connectivity index (χ1n) is 6.16. The number of nitrogens with zero attached hydrogens (tertiary/aromatic N) is 1. The van der Waals surface area contributed by atoms with Gasteiger partial charge < -0.3 is 5.32 Å². The predicted molar refractivity (Wildman–Crippen MR) is 68.8 cm³/mol. The topological polar surface area (TPSA) is 86.9 Å². The molecule has 0 saturated carbocycles. The summed E-state index contributed by atoms with van der Waals surface area (Å²) >= 11 is 0. The van der Waals surface area contributed by atoms with E-state index in [4.69, 9.17) is 0 Å². The largest absolute Gasteiger partial charge is 0.315 e. The lowest BCUT2D eigenvalue weighted by Crippen LogP contribution is -2.50. The highest BCUT2D eigenvalue weighted by atomic mass is 32.2. The van der Waals surface area contributed by atoms with Crippen LogP contribution in [-0.4, -0.2) is 37.7 Å². The number of hydrogen-bond acceptors (Lipinski definition) is 4. The lowest BCUT2D eigenvalue weighted by Gasteiger charge is -2.29. The molecule has 1 fully saturated rings. The third kappa shape index (κ3) is 2.57. The summed E-state index contributed by atoms with van der Waals surface area (Å²) in [6.07, 6.45) is 0.983. The molecule has 2 atom stereocenters. The van der Waals surface area contributed by atoms with Crippen LogP contribution in [0.3, 0.4) is 0 Å². The fourth-order valence-corrected chi connectivity index (χ4v) is 4.06. The number of rotatable bonds is 3. The molecule has 1 aromatic rings. The van der Waals surface area contributed by atoms with Gasteiger partial charge in [0.1, 0.15) is 4.90 Å². The van der Waals surface area contributed by atoms with Crippen LogP contribution in [0.4, 0.5) is 0 Å². The van der Waals surface area contributed by atoms with E-state index in [-0.39, 0.29) is 10.9 Å². The van der Waals surface area contributed by atoms with Crippen molar-refractivity contribution < 1.29 is 8.42 Å². The van der Waals surface area contributed by atoms with Crippen molar-refractivity contribution in [2.75, 3.05) is 13.1 Å². The average Bonchev–Trinajstić information content (AvgIpc) is 2.62. The number of aromatic amines is 1. The van der Waals surface area contributed by atoms with Gasteiger partial charge in [0.2, 0.25) is 10.0 Å². The van der Waals surface area contributed by atoms with Crippen LogP contribution < -0.4 is 10.0 Å². The van der Waals surface area contributed by atoms with E-state index in [1.54, 1.807) is 13.8 Å². The van der Waals surface area contributed by atoms with Crippen molar-refractivity contribution >= 4 is 10.0 Å². The minimum atomic E-state index is -3.49. The highest BCUT2D eigenvalue weighted by Crippen LogP contribution is 2.19. The fourth-order valence-electron chi connectivity index (χ4n) is 2.34. The van der Waals surface area contributed by atoms with Gasteiger partial charge in [-0.1, -0.05) is 6.92 Å². The van der Waals surface area contributed by atoms with Crippen LogP contribution >= 0.6 is 0 Å². The smallest absolute Gasteiger partial charge is 0.244 e. The molecule has 0 spiro atoms. The van der Waals surface area contributed by atoms with Gasteiger partial charge in [0.25, 0.3) is 0 Å². The van der Waals surface area contributed by atoms with Crippen LogP contribution in [0.5, 0.6) is 0 Å². The Morgan fingerprint density at radius 1 is 1.39 bits per heavy atom. The molecular formula is C11H20N4O2S. The minimum Gasteiger partial charge on any atom is -0.315 e. The maximum Gasteiger partial charge on any atom is 0.244 e. The molecule has 2 heterocycles. The standard InChI is InChI=1S/C11H20N4O2S/c1-7-4-5-12-6-10(7)15-18(16,17)11-8(2)13-14-9(11)3/h7,10,12,15H,4-6H2,1-3H3,(H,13,14). The average molecular weight is 272 g/mol. The Balaban J connectivity index is 2.22. The second-order valence-corrected chi connectivity index (χ2v) is 6.61. The highest BCUT2D eigenvalue weighted by molar-refractivity contribution is 7.89. The van der Waals surface area contributed by atoms with Crippen LogP contribution in [0.2, 0.25) is 0 Å². The summed E-state index contributed by atoms with van der Waals surface area (Å²) in [7, 11) is -3.49. The SMILES string of the molecule is Cc1n[nH]c(C)c1S(=O)(=O)NC1CNCCC1C. The molecule has 0 bridgehead atoms. The van der Waals surface area contributed by atoms with Gasteiger partial charge in [-0.25, -0.2) is 13.1 Å². The van der Waals surface area contributed by atoms with Gasteiger partial charge >= 0.3 is 0 Å². The van der Waals surface area contributed by atoms with Gasteiger partial charge in [-0.15, -0.1) is 0 Å². The Morgan fingerprint density at radius 3 is 2.67 bits per heavy atom. The second-order valence-electron chi connectivity index (χ2n) is 4.96. The first-order valence-corrected chi connectivity index (χ1v) is 7.64. The lowest BCUT2D eigenvalue weighted by atomic mass is 9.96. The Kier molecular flexibility index (Phi) is 3.74. The Hall–Kier alpha value is -0.920. The fraction of sp³-hybridized carbons (Fsp3) is 0.727. The summed E-state index contributed by atoms with van der Waals surface area (Å²) in [6.45, 7) is 7.11. The monoisotopic (exact) mass is 272 g/mol. The van der Waals surface area contributed by atoms with E-state index in [2.05, 4.69) is 27.2 Å². The molecule has 3 N–H and O–H groups in total. The summed E-state index contributed by atoms with van der Waals surface area (Å²) in [4.78, 5) is 0.278. The maximum atomic E-state index is 12.3. The van der Waals surface area contributed by atoms with E-state index in [9.17, 15) is 8.42 Å². The first-order chi connectivity index (χ1) is 8.42. The number of piperidine rings is 1. The van der Waals surface area contributed by atoms with Crippen molar-refractivity contribution in [1.82, 2.24) is 20.2 Å². The van der Waals surface area contributed by atoms with Crippen molar-refractivity contribution in [1.29, 1.82) is 0 Å². The molecule has 1 saturated heterocycles. The number of aromatic nitrogens is 2. The third-order valence-corrected chi connectivity index (χ3v) is 5.22. The molecule has 0 aromatic carbocycles. The molecule has 1 aromatic heterocycles. The number of sulfonamides is 1. The molecule has 7 heteroatoms. The van der Waals surface area contributed by atoms with Crippen LogP contribution in [0.1, 0.15) is 24.7 Å². The quantitative estimate of drug-likeness (QED) is 0.739. The minimum absolute atomic E-state index is 0.0579. The van der Waals surface area contributed by atoms with Crippen molar-refractivity contribution in [2.45, 2.75) is 38.1 Å². The van der Waals surface area contributed by atoms with Gasteiger partial charge in [0.15, 0.2) is 0 Å². The van der Waals surface area contributed by atoms with E-state index in [1.165, 1.54) is 0 Å². The molecule has 1 aliphatic heterocycles. The Labute approximate surface area is 108 Å². The summed E-state index contributed by atoms with van der Waals surface area (Å²) in [5.74, 6) is 0.341. The molecule has 6 nitrogen and oxygen atoms in total. The van der Waals surface area contributed by atoms with E-state index in [1.807, 2.05) is 0 Å². The maximum absolute atomic E-state index is 12.3. The first kappa shape index (κ1) is 13.5. The summed E-state index contributed by atoms with van der Waals surface area (Å²) in [6, 6.07) is -0.0579. The summed E-state index contributed by atoms with van der Waals surface area (Å²) < 4.78 is 27.5. The summed E-state index contributed by atoms with van der Waals surface area (Å²) in [5, 5.41) is 9.85. The molecular weight excluding hydrogens is 252 g/mol. The van der Waals surface area contributed by atoms with Crippen LogP contribution in [0, 0.1) is 19.8 Å². The Bertz CT molecular complexity index is 504. The van der Waals surface area contributed by atoms with E-state index < -0.39 is 10.0 Å². The normalized spacial score (nSPS) is 25.3. The zero-order valence-electron chi connectivity index (χ0n) is 10.9. The molecule has 0 radical (unpaired) electrons. The van der Waals surface area contributed by atoms with Crippen molar-refractivity contribution in [3.8, 4) is 0 Å². The molecule has 0 aliphatic carbocycles. The zero-order valence-corrected chi connectivity index (χ0v) is 11.8. The molecule has 2 rings (SSSR count). The second kappa shape index (κ2) is 4.99. The van der Waals surface area contributed by atoms with Crippen molar-refractivity contribution in [3.05, 3.63) is 11.4 Å². The number of hydrogen-bond donors (Lipinski definition) is 3. The predicted octanol–water partition coefficient (Wildman–Crippen LogP) is 0.303. The zero-order chi connectivity index (χ0) is 13.3. The van der Waals surface area contributed by atoms with E-state index >= 15 is 0 Å². The molecule has 1 aliphatic rings. The van der Waals surface area contributed by atoms with Gasteiger partial charge in [0, 0.05) is 12.6 Å². The van der Waals surface area contributed by atoms with Gasteiger partial charge in [-0.05, 0) is 32.7 Å². The number of aryl methyl sites for hydroxylation is 2. The summed E-state index contributed by atoms with van der Waals surface area (Å²) in [5.41, 5.74) is 1.09. The Morgan fingerprint density at radius 2 is 2.11 bits per heavy atom.